The third-order valence-electron chi connectivity index (χ3n) is 1.47. The monoisotopic (exact) mass is 260 g/mol. The number of hydrogen-bond donors (Lipinski definition) is 3. The lowest BCUT2D eigenvalue weighted by Crippen LogP contribution is -2.31. The number of hydrogen-bond acceptors (Lipinski definition) is 4. The summed E-state index contributed by atoms with van der Waals surface area (Å²) >= 11 is 0. The van der Waals surface area contributed by atoms with Crippen molar-refractivity contribution in [2.24, 2.45) is 22.2 Å². The smallest absolute Gasteiger partial charge is 0.322 e. The standard InChI is InChI=1S/C7H16N4O2.2ClH/c1-13-6(12)5(8)3-2-4-11-7(9)10;;/h5H,2-4,8H2,1H3,(H4,9,10,11);2*1H. The molecule has 0 bridgehead atoms. The van der Waals surface area contributed by atoms with E-state index in [2.05, 4.69) is 9.73 Å². The summed E-state index contributed by atoms with van der Waals surface area (Å²) in [7, 11) is 1.30. The van der Waals surface area contributed by atoms with Crippen molar-refractivity contribution in [1.29, 1.82) is 0 Å². The van der Waals surface area contributed by atoms with Gasteiger partial charge in [0.1, 0.15) is 6.04 Å². The van der Waals surface area contributed by atoms with Crippen LogP contribution in [0.1, 0.15) is 12.8 Å². The van der Waals surface area contributed by atoms with Gasteiger partial charge in [-0.3, -0.25) is 9.79 Å². The summed E-state index contributed by atoms with van der Waals surface area (Å²) < 4.78 is 4.44. The van der Waals surface area contributed by atoms with E-state index in [-0.39, 0.29) is 30.8 Å². The van der Waals surface area contributed by atoms with Crippen LogP contribution >= 0.6 is 24.8 Å². The molecule has 0 spiro atoms. The molecule has 1 unspecified atom stereocenters. The SMILES string of the molecule is COC(=O)C(N)CCCN=C(N)N.Cl.Cl. The average molecular weight is 261 g/mol. The first-order valence-corrected chi connectivity index (χ1v) is 3.96. The van der Waals surface area contributed by atoms with Crippen molar-refractivity contribution >= 4 is 36.7 Å². The van der Waals surface area contributed by atoms with Crippen molar-refractivity contribution in [3.63, 3.8) is 0 Å². The van der Waals surface area contributed by atoms with E-state index in [1.807, 2.05) is 0 Å². The first kappa shape index (κ1) is 19.8. The Hall–Kier alpha value is -0.720. The summed E-state index contributed by atoms with van der Waals surface area (Å²) in [6, 6.07) is -0.584. The van der Waals surface area contributed by atoms with E-state index < -0.39 is 12.0 Å². The zero-order chi connectivity index (χ0) is 10.3. The van der Waals surface area contributed by atoms with Crippen LogP contribution in [0.3, 0.4) is 0 Å². The second-order valence-electron chi connectivity index (χ2n) is 2.58. The molecule has 6 nitrogen and oxygen atoms in total. The van der Waals surface area contributed by atoms with E-state index in [0.717, 1.165) is 0 Å². The number of methoxy groups -OCH3 is 1. The summed E-state index contributed by atoms with van der Waals surface area (Å²) in [5, 5.41) is 0. The molecule has 0 rings (SSSR count). The summed E-state index contributed by atoms with van der Waals surface area (Å²) in [6.45, 7) is 0.479. The van der Waals surface area contributed by atoms with Crippen LogP contribution in [-0.2, 0) is 9.53 Å². The lowest BCUT2D eigenvalue weighted by Gasteiger charge is -2.07. The fourth-order valence-corrected chi connectivity index (χ4v) is 0.789. The minimum Gasteiger partial charge on any atom is -0.468 e. The van der Waals surface area contributed by atoms with Crippen LogP contribution in [0.5, 0.6) is 0 Å². The Morgan fingerprint density at radius 3 is 2.33 bits per heavy atom. The molecule has 92 valence electrons. The molecule has 8 heteroatoms. The molecule has 0 saturated heterocycles. The molecule has 15 heavy (non-hydrogen) atoms. The number of carbonyl (C=O) groups is 1. The predicted octanol–water partition coefficient (Wildman–Crippen LogP) is -0.616. The van der Waals surface area contributed by atoms with Gasteiger partial charge in [-0.15, -0.1) is 24.8 Å². The largest absolute Gasteiger partial charge is 0.468 e. The van der Waals surface area contributed by atoms with Crippen LogP contribution in [0, 0.1) is 0 Å². The molecule has 0 heterocycles. The first-order valence-electron chi connectivity index (χ1n) is 3.96. The third-order valence-corrected chi connectivity index (χ3v) is 1.47. The van der Waals surface area contributed by atoms with Gasteiger partial charge in [0.05, 0.1) is 7.11 Å². The quantitative estimate of drug-likeness (QED) is 0.264. The molecule has 0 aliphatic heterocycles. The molecule has 0 aliphatic carbocycles. The van der Waals surface area contributed by atoms with Gasteiger partial charge in [-0.25, -0.2) is 0 Å². The van der Waals surface area contributed by atoms with Crippen LogP contribution < -0.4 is 17.2 Å². The molecular weight excluding hydrogens is 243 g/mol. The van der Waals surface area contributed by atoms with E-state index in [1.165, 1.54) is 7.11 Å². The topological polar surface area (TPSA) is 117 Å². The van der Waals surface area contributed by atoms with E-state index in [4.69, 9.17) is 17.2 Å². The maximum absolute atomic E-state index is 10.8. The van der Waals surface area contributed by atoms with Gasteiger partial charge in [-0.2, -0.15) is 0 Å². The van der Waals surface area contributed by atoms with E-state index in [9.17, 15) is 4.79 Å². The number of aliphatic imine (C=N–C) groups is 1. The maximum Gasteiger partial charge on any atom is 0.322 e. The number of guanidine groups is 1. The van der Waals surface area contributed by atoms with Crippen LogP contribution in [0.25, 0.3) is 0 Å². The maximum atomic E-state index is 10.8. The van der Waals surface area contributed by atoms with Crippen LogP contribution in [0.15, 0.2) is 4.99 Å². The Balaban J connectivity index is -0.000000720. The highest BCUT2D eigenvalue weighted by Crippen LogP contribution is 1.96. The van der Waals surface area contributed by atoms with Crippen LogP contribution in [0.4, 0.5) is 0 Å². The summed E-state index contributed by atoms with van der Waals surface area (Å²) in [5.74, 6) is -0.365. The van der Waals surface area contributed by atoms with Crippen molar-refractivity contribution in [2.75, 3.05) is 13.7 Å². The van der Waals surface area contributed by atoms with Gasteiger partial charge in [-0.05, 0) is 12.8 Å². The second-order valence-corrected chi connectivity index (χ2v) is 2.58. The highest BCUT2D eigenvalue weighted by Gasteiger charge is 2.11. The van der Waals surface area contributed by atoms with Gasteiger partial charge < -0.3 is 21.9 Å². The third kappa shape index (κ3) is 11.2. The number of esters is 1. The molecule has 0 amide bonds. The zero-order valence-corrected chi connectivity index (χ0v) is 10.1. The number of nitrogens with zero attached hydrogens (tertiary/aromatic N) is 1. The number of rotatable bonds is 5. The van der Waals surface area contributed by atoms with E-state index in [0.29, 0.717) is 19.4 Å². The Kier molecular flexibility index (Phi) is 15.0. The molecule has 0 aromatic carbocycles. The zero-order valence-electron chi connectivity index (χ0n) is 8.51. The van der Waals surface area contributed by atoms with Crippen molar-refractivity contribution in [1.82, 2.24) is 0 Å². The predicted molar refractivity (Wildman–Crippen MR) is 64.4 cm³/mol. The van der Waals surface area contributed by atoms with Crippen molar-refractivity contribution in [3.8, 4) is 0 Å². The van der Waals surface area contributed by atoms with Crippen molar-refractivity contribution < 1.29 is 9.53 Å². The minimum atomic E-state index is -0.584. The average Bonchev–Trinajstić information content (AvgIpc) is 2.10. The highest BCUT2D eigenvalue weighted by atomic mass is 35.5. The summed E-state index contributed by atoms with van der Waals surface area (Å²) in [6.07, 6.45) is 1.18. The van der Waals surface area contributed by atoms with Crippen LogP contribution in [-0.4, -0.2) is 31.6 Å². The molecule has 0 fully saturated rings. The van der Waals surface area contributed by atoms with Crippen LogP contribution in [0.2, 0.25) is 0 Å². The van der Waals surface area contributed by atoms with Gasteiger partial charge in [0, 0.05) is 6.54 Å². The van der Waals surface area contributed by atoms with Crippen molar-refractivity contribution in [2.45, 2.75) is 18.9 Å². The molecule has 0 aromatic heterocycles. The Bertz CT molecular complexity index is 197. The summed E-state index contributed by atoms with van der Waals surface area (Å²) in [4.78, 5) is 14.6. The molecule has 0 aliphatic rings. The Morgan fingerprint density at radius 1 is 1.40 bits per heavy atom. The van der Waals surface area contributed by atoms with Crippen molar-refractivity contribution in [3.05, 3.63) is 0 Å². The first-order chi connectivity index (χ1) is 6.07. The number of halogens is 2. The van der Waals surface area contributed by atoms with E-state index >= 15 is 0 Å². The number of carbonyl (C=O) groups excluding carboxylic acids is 1. The summed E-state index contributed by atoms with van der Waals surface area (Å²) in [5.41, 5.74) is 15.7. The molecule has 6 N–H and O–H groups in total. The Labute approximate surface area is 101 Å². The Morgan fingerprint density at radius 2 is 1.93 bits per heavy atom. The highest BCUT2D eigenvalue weighted by molar-refractivity contribution is 5.85. The molecule has 0 radical (unpaired) electrons. The second kappa shape index (κ2) is 11.4. The van der Waals surface area contributed by atoms with Gasteiger partial charge >= 0.3 is 5.97 Å². The van der Waals surface area contributed by atoms with Gasteiger partial charge in [0.2, 0.25) is 0 Å². The lowest BCUT2D eigenvalue weighted by molar-refractivity contribution is -0.142. The number of nitrogens with two attached hydrogens (primary N) is 3. The van der Waals surface area contributed by atoms with E-state index in [1.54, 1.807) is 0 Å². The fourth-order valence-electron chi connectivity index (χ4n) is 0.789. The molecule has 1 atom stereocenters. The van der Waals surface area contributed by atoms with Gasteiger partial charge in [-0.1, -0.05) is 0 Å². The number of ether oxygens (including phenoxy) is 1. The molecular formula is C7H18Cl2N4O2. The minimum absolute atomic E-state index is 0. The fraction of sp³-hybridized carbons (Fsp3) is 0.714. The lowest BCUT2D eigenvalue weighted by atomic mass is 10.2. The van der Waals surface area contributed by atoms with Gasteiger partial charge in [0.15, 0.2) is 5.96 Å². The molecule has 0 aromatic rings. The molecule has 0 saturated carbocycles. The normalized spacial score (nSPS) is 10.3. The van der Waals surface area contributed by atoms with Gasteiger partial charge in [0.25, 0.3) is 0 Å².